The molecule has 1 aromatic carbocycles. The monoisotopic (exact) mass is 323 g/mol. The maximum absolute atomic E-state index is 12.0. The maximum Gasteiger partial charge on any atom is 0.384 e. The van der Waals surface area contributed by atoms with Crippen LogP contribution in [0.5, 0.6) is 0 Å². The van der Waals surface area contributed by atoms with Crippen molar-refractivity contribution in [1.82, 2.24) is 14.7 Å². The zero-order chi connectivity index (χ0) is 16.7. The summed E-state index contributed by atoms with van der Waals surface area (Å²) in [6, 6.07) is 9.69. The third kappa shape index (κ3) is 2.21. The standard InChI is InChI=1S/C17H17N5O2/c18-10-11-5-6-14-12(9-11)3-2-8-21(14)16-13-4-1-7-19-15(13)22(24)17(23)20-16/h1,4-7,9,24H,2-3,8,10,18H2. The first-order chi connectivity index (χ1) is 11.7. The highest BCUT2D eigenvalue weighted by Gasteiger charge is 2.23. The van der Waals surface area contributed by atoms with Crippen LogP contribution >= 0.6 is 0 Å². The molecule has 1 aliphatic heterocycles. The Morgan fingerprint density at radius 1 is 1.29 bits per heavy atom. The van der Waals surface area contributed by atoms with Crippen LogP contribution < -0.4 is 16.3 Å². The average Bonchev–Trinajstić information content (AvgIpc) is 2.64. The van der Waals surface area contributed by atoms with E-state index in [0.29, 0.717) is 22.5 Å². The molecule has 7 heteroatoms. The van der Waals surface area contributed by atoms with Crippen LogP contribution in [-0.4, -0.2) is 26.5 Å². The molecule has 0 saturated heterocycles. The molecule has 0 radical (unpaired) electrons. The number of hydrogen-bond donors (Lipinski definition) is 2. The lowest BCUT2D eigenvalue weighted by molar-refractivity contribution is 0.182. The normalized spacial score (nSPS) is 14.0. The highest BCUT2D eigenvalue weighted by atomic mass is 16.5. The van der Waals surface area contributed by atoms with Gasteiger partial charge in [-0.2, -0.15) is 4.98 Å². The predicted molar refractivity (Wildman–Crippen MR) is 90.6 cm³/mol. The summed E-state index contributed by atoms with van der Waals surface area (Å²) in [5.74, 6) is 0.523. The van der Waals surface area contributed by atoms with Gasteiger partial charge >= 0.3 is 5.69 Å². The van der Waals surface area contributed by atoms with Gasteiger partial charge < -0.3 is 15.8 Å². The van der Waals surface area contributed by atoms with Gasteiger partial charge in [-0.05, 0) is 42.2 Å². The van der Waals surface area contributed by atoms with Crippen molar-refractivity contribution in [3.8, 4) is 0 Å². The Bertz CT molecular complexity index is 982. The molecule has 3 aromatic rings. The molecule has 4 rings (SSSR count). The Kier molecular flexibility index (Phi) is 3.42. The SMILES string of the molecule is NCc1ccc2c(c1)CCCN2c1nc(=O)n(O)c2ncccc12. The van der Waals surface area contributed by atoms with Gasteiger partial charge in [0, 0.05) is 25.0 Å². The zero-order valence-electron chi connectivity index (χ0n) is 13.0. The molecule has 0 fully saturated rings. The van der Waals surface area contributed by atoms with Crippen molar-refractivity contribution in [2.75, 3.05) is 11.4 Å². The molecule has 0 saturated carbocycles. The van der Waals surface area contributed by atoms with Gasteiger partial charge in [0.2, 0.25) is 0 Å². The Morgan fingerprint density at radius 3 is 3.00 bits per heavy atom. The van der Waals surface area contributed by atoms with E-state index in [1.807, 2.05) is 17.0 Å². The molecule has 0 aliphatic carbocycles. The van der Waals surface area contributed by atoms with Crippen molar-refractivity contribution in [3.63, 3.8) is 0 Å². The Labute approximate surface area is 138 Å². The topological polar surface area (TPSA) is 97.3 Å². The van der Waals surface area contributed by atoms with E-state index in [4.69, 9.17) is 5.73 Å². The molecule has 7 nitrogen and oxygen atoms in total. The number of aryl methyl sites for hydroxylation is 1. The number of fused-ring (bicyclic) bond motifs is 2. The Balaban J connectivity index is 1.94. The summed E-state index contributed by atoms with van der Waals surface area (Å²) in [5, 5.41) is 10.5. The molecule has 24 heavy (non-hydrogen) atoms. The van der Waals surface area contributed by atoms with Crippen LogP contribution in [0.3, 0.4) is 0 Å². The van der Waals surface area contributed by atoms with E-state index in [2.05, 4.69) is 16.0 Å². The second kappa shape index (κ2) is 5.61. The van der Waals surface area contributed by atoms with Crippen molar-refractivity contribution < 1.29 is 5.21 Å². The lowest BCUT2D eigenvalue weighted by Gasteiger charge is -2.31. The van der Waals surface area contributed by atoms with Crippen LogP contribution in [0.2, 0.25) is 0 Å². The third-order valence-corrected chi connectivity index (χ3v) is 4.36. The summed E-state index contributed by atoms with van der Waals surface area (Å²) in [6.07, 6.45) is 3.45. The molecular formula is C17H17N5O2. The second-order valence-electron chi connectivity index (χ2n) is 5.83. The molecule has 0 spiro atoms. The highest BCUT2D eigenvalue weighted by molar-refractivity contribution is 5.89. The number of benzene rings is 1. The summed E-state index contributed by atoms with van der Waals surface area (Å²) >= 11 is 0. The number of hydrogen-bond acceptors (Lipinski definition) is 6. The minimum atomic E-state index is -0.734. The number of anilines is 2. The van der Waals surface area contributed by atoms with Gasteiger partial charge in [-0.3, -0.25) is 0 Å². The molecule has 122 valence electrons. The van der Waals surface area contributed by atoms with Crippen molar-refractivity contribution in [3.05, 3.63) is 58.1 Å². The molecule has 0 amide bonds. The minimum Gasteiger partial charge on any atom is -0.422 e. The zero-order valence-corrected chi connectivity index (χ0v) is 13.0. The van der Waals surface area contributed by atoms with E-state index in [1.54, 1.807) is 12.1 Å². The second-order valence-corrected chi connectivity index (χ2v) is 5.83. The summed E-state index contributed by atoms with van der Waals surface area (Å²) in [6.45, 7) is 1.25. The van der Waals surface area contributed by atoms with Crippen molar-refractivity contribution >= 4 is 22.5 Å². The number of aromatic nitrogens is 3. The lowest BCUT2D eigenvalue weighted by atomic mass is 9.99. The lowest BCUT2D eigenvalue weighted by Crippen LogP contribution is -2.30. The van der Waals surface area contributed by atoms with E-state index in [0.717, 1.165) is 30.6 Å². The maximum atomic E-state index is 12.0. The first-order valence-electron chi connectivity index (χ1n) is 7.85. The summed E-state index contributed by atoms with van der Waals surface area (Å²) in [7, 11) is 0. The van der Waals surface area contributed by atoms with Gasteiger partial charge in [-0.25, -0.2) is 9.78 Å². The summed E-state index contributed by atoms with van der Waals surface area (Å²) in [4.78, 5) is 22.2. The van der Waals surface area contributed by atoms with Gasteiger partial charge in [-0.1, -0.05) is 12.1 Å². The van der Waals surface area contributed by atoms with Crippen molar-refractivity contribution in [2.45, 2.75) is 19.4 Å². The molecule has 2 aromatic heterocycles. The fraction of sp³-hybridized carbons (Fsp3) is 0.235. The van der Waals surface area contributed by atoms with Crippen LogP contribution in [0.15, 0.2) is 41.3 Å². The molecule has 1 aliphatic rings. The number of nitrogens with zero attached hydrogens (tertiary/aromatic N) is 4. The van der Waals surface area contributed by atoms with Crippen LogP contribution in [0.1, 0.15) is 17.5 Å². The van der Waals surface area contributed by atoms with Crippen LogP contribution in [0, 0.1) is 0 Å². The minimum absolute atomic E-state index is 0.207. The fourth-order valence-electron chi connectivity index (χ4n) is 3.23. The number of pyridine rings is 1. The van der Waals surface area contributed by atoms with Gasteiger partial charge in [-0.15, -0.1) is 4.73 Å². The van der Waals surface area contributed by atoms with Crippen LogP contribution in [0.4, 0.5) is 11.5 Å². The van der Waals surface area contributed by atoms with Gasteiger partial charge in [0.15, 0.2) is 5.65 Å². The van der Waals surface area contributed by atoms with Gasteiger partial charge in [0.25, 0.3) is 0 Å². The smallest absolute Gasteiger partial charge is 0.384 e. The molecule has 0 bridgehead atoms. The molecule has 0 unspecified atom stereocenters. The molecule has 3 N–H and O–H groups in total. The quantitative estimate of drug-likeness (QED) is 0.695. The van der Waals surface area contributed by atoms with E-state index in [9.17, 15) is 10.0 Å². The number of nitrogens with two attached hydrogens (primary N) is 1. The first-order valence-corrected chi connectivity index (χ1v) is 7.85. The number of rotatable bonds is 2. The van der Waals surface area contributed by atoms with E-state index >= 15 is 0 Å². The predicted octanol–water partition coefficient (Wildman–Crippen LogP) is 1.57. The average molecular weight is 323 g/mol. The largest absolute Gasteiger partial charge is 0.422 e. The van der Waals surface area contributed by atoms with E-state index in [-0.39, 0.29) is 5.65 Å². The molecule has 3 heterocycles. The Morgan fingerprint density at radius 2 is 2.17 bits per heavy atom. The van der Waals surface area contributed by atoms with Crippen LogP contribution in [0.25, 0.3) is 11.0 Å². The molecular weight excluding hydrogens is 306 g/mol. The van der Waals surface area contributed by atoms with Crippen molar-refractivity contribution in [2.24, 2.45) is 5.73 Å². The fourth-order valence-corrected chi connectivity index (χ4v) is 3.23. The summed E-state index contributed by atoms with van der Waals surface area (Å²) < 4.78 is 0.487. The van der Waals surface area contributed by atoms with Crippen LogP contribution in [-0.2, 0) is 13.0 Å². The van der Waals surface area contributed by atoms with Gasteiger partial charge in [0.05, 0.1) is 5.39 Å². The highest BCUT2D eigenvalue weighted by Crippen LogP contribution is 2.35. The third-order valence-electron chi connectivity index (χ3n) is 4.36. The Hall–Kier alpha value is -2.93. The molecule has 0 atom stereocenters. The van der Waals surface area contributed by atoms with Gasteiger partial charge in [0.1, 0.15) is 5.82 Å². The van der Waals surface area contributed by atoms with E-state index < -0.39 is 5.69 Å². The van der Waals surface area contributed by atoms with Crippen molar-refractivity contribution in [1.29, 1.82) is 0 Å². The summed E-state index contributed by atoms with van der Waals surface area (Å²) in [5.41, 5.74) is 8.50. The van der Waals surface area contributed by atoms with E-state index in [1.165, 1.54) is 11.8 Å². The first kappa shape index (κ1) is 14.6.